The fourth-order valence-corrected chi connectivity index (χ4v) is 5.48. The highest BCUT2D eigenvalue weighted by molar-refractivity contribution is 6.32. The monoisotopic (exact) mass is 445 g/mol. The van der Waals surface area contributed by atoms with Crippen LogP contribution in [0.1, 0.15) is 56.2 Å². The number of nitrogens with zero attached hydrogens (tertiary/aromatic N) is 1. The molecule has 3 rings (SSSR count). The van der Waals surface area contributed by atoms with Crippen molar-refractivity contribution in [3.63, 3.8) is 0 Å². The fourth-order valence-electron chi connectivity index (χ4n) is 5.03. The van der Waals surface area contributed by atoms with Crippen molar-refractivity contribution in [2.75, 3.05) is 13.1 Å². The van der Waals surface area contributed by atoms with Crippen molar-refractivity contribution < 1.29 is 8.78 Å². The average Bonchev–Trinajstić information content (AvgIpc) is 3.40. The van der Waals surface area contributed by atoms with E-state index in [1.54, 1.807) is 0 Å². The second-order valence-electron chi connectivity index (χ2n) is 9.77. The third-order valence-electron chi connectivity index (χ3n) is 7.01. The van der Waals surface area contributed by atoms with Gasteiger partial charge in [0.2, 0.25) is 0 Å². The van der Waals surface area contributed by atoms with Crippen molar-refractivity contribution in [3.8, 4) is 0 Å². The Morgan fingerprint density at radius 1 is 1.26 bits per heavy atom. The average molecular weight is 446 g/mol. The lowest BCUT2D eigenvalue weighted by molar-refractivity contribution is 0.0624. The van der Waals surface area contributed by atoms with Gasteiger partial charge in [0, 0.05) is 47.4 Å². The number of aryl methyl sites for hydroxylation is 2. The molecule has 1 nitrogen and oxygen atoms in total. The van der Waals surface area contributed by atoms with Gasteiger partial charge in [-0.15, -0.1) is 0 Å². The van der Waals surface area contributed by atoms with Gasteiger partial charge in [0.25, 0.3) is 5.92 Å². The van der Waals surface area contributed by atoms with Gasteiger partial charge in [-0.1, -0.05) is 43.5 Å². The van der Waals surface area contributed by atoms with Crippen LogP contribution in [0.4, 0.5) is 8.78 Å². The highest BCUT2D eigenvalue weighted by Crippen LogP contribution is 2.63. The van der Waals surface area contributed by atoms with E-state index in [-0.39, 0.29) is 5.57 Å². The van der Waals surface area contributed by atoms with E-state index >= 15 is 0 Å². The first-order valence-corrected chi connectivity index (χ1v) is 11.4. The Balaban J connectivity index is 1.88. The third-order valence-corrected chi connectivity index (χ3v) is 7.30. The molecule has 0 aromatic heterocycles. The molecule has 0 aliphatic heterocycles. The Morgan fingerprint density at radius 2 is 1.87 bits per heavy atom. The van der Waals surface area contributed by atoms with Crippen molar-refractivity contribution >= 4 is 17.2 Å². The number of rotatable bonds is 9. The highest BCUT2D eigenvalue weighted by atomic mass is 35.5. The Kier molecular flexibility index (Phi) is 6.58. The lowest BCUT2D eigenvalue weighted by Gasteiger charge is -2.41. The van der Waals surface area contributed by atoms with Gasteiger partial charge in [-0.3, -0.25) is 0 Å². The molecule has 2 aliphatic rings. The SMILES string of the molecule is C=C/C(C(=C)N(CC(=C)c1c(C)cc(C)cc1Cl)CC1CC2(CC2)C1)=C(\C)C(C)(F)F. The minimum Gasteiger partial charge on any atom is -0.367 e. The predicted octanol–water partition coefficient (Wildman–Crippen LogP) is 8.13. The van der Waals surface area contributed by atoms with Gasteiger partial charge >= 0.3 is 0 Å². The van der Waals surface area contributed by atoms with Gasteiger partial charge in [0.05, 0.1) is 0 Å². The van der Waals surface area contributed by atoms with E-state index in [4.69, 9.17) is 11.6 Å². The highest BCUT2D eigenvalue weighted by Gasteiger charge is 2.52. The van der Waals surface area contributed by atoms with Crippen LogP contribution in [-0.4, -0.2) is 23.9 Å². The zero-order valence-electron chi connectivity index (χ0n) is 19.3. The first-order chi connectivity index (χ1) is 14.4. The molecule has 168 valence electrons. The van der Waals surface area contributed by atoms with Crippen LogP contribution in [0.15, 0.2) is 54.8 Å². The predicted molar refractivity (Wildman–Crippen MR) is 129 cm³/mol. The number of allylic oxidation sites excluding steroid dienone is 2. The summed E-state index contributed by atoms with van der Waals surface area (Å²) >= 11 is 6.56. The summed E-state index contributed by atoms with van der Waals surface area (Å²) < 4.78 is 28.2. The van der Waals surface area contributed by atoms with Gasteiger partial charge in [0.1, 0.15) is 0 Å². The summed E-state index contributed by atoms with van der Waals surface area (Å²) in [5.74, 6) is -2.38. The zero-order valence-corrected chi connectivity index (χ0v) is 20.0. The second-order valence-corrected chi connectivity index (χ2v) is 10.2. The smallest absolute Gasteiger partial charge is 0.267 e. The van der Waals surface area contributed by atoms with Crippen LogP contribution in [-0.2, 0) is 0 Å². The Hall–Kier alpha value is -1.87. The normalized spacial score (nSPS) is 18.3. The lowest BCUT2D eigenvalue weighted by Crippen LogP contribution is -2.38. The maximum atomic E-state index is 14.1. The second kappa shape index (κ2) is 8.58. The van der Waals surface area contributed by atoms with E-state index in [0.29, 0.717) is 34.2 Å². The van der Waals surface area contributed by atoms with Crippen LogP contribution in [0.3, 0.4) is 0 Å². The van der Waals surface area contributed by atoms with Gasteiger partial charge in [-0.25, -0.2) is 8.78 Å². The van der Waals surface area contributed by atoms with Crippen LogP contribution >= 0.6 is 11.6 Å². The number of alkyl halides is 2. The molecule has 2 saturated carbocycles. The molecule has 0 amide bonds. The van der Waals surface area contributed by atoms with Crippen molar-refractivity contribution in [1.82, 2.24) is 4.90 Å². The number of hydrogen-bond acceptors (Lipinski definition) is 1. The molecule has 0 N–H and O–H groups in total. The number of hydrogen-bond donors (Lipinski definition) is 0. The van der Waals surface area contributed by atoms with Crippen LogP contribution in [0.25, 0.3) is 5.57 Å². The van der Waals surface area contributed by atoms with Crippen LogP contribution < -0.4 is 0 Å². The summed E-state index contributed by atoms with van der Waals surface area (Å²) in [5, 5.41) is 0.671. The molecule has 1 aromatic rings. The molecule has 2 aliphatic carbocycles. The minimum atomic E-state index is -2.93. The molecule has 31 heavy (non-hydrogen) atoms. The molecule has 0 heterocycles. The van der Waals surface area contributed by atoms with Crippen molar-refractivity contribution in [2.45, 2.75) is 59.3 Å². The van der Waals surface area contributed by atoms with Crippen molar-refractivity contribution in [3.05, 3.63) is 76.5 Å². The van der Waals surface area contributed by atoms with Crippen LogP contribution in [0, 0.1) is 25.2 Å². The van der Waals surface area contributed by atoms with E-state index in [0.717, 1.165) is 35.7 Å². The quantitative estimate of drug-likeness (QED) is 0.347. The summed E-state index contributed by atoms with van der Waals surface area (Å²) in [5.41, 5.74) is 5.52. The Morgan fingerprint density at radius 3 is 2.35 bits per heavy atom. The van der Waals surface area contributed by atoms with E-state index in [2.05, 4.69) is 30.7 Å². The molecule has 0 saturated heterocycles. The standard InChI is InChI=1S/C27H34ClF2N/c1-8-23(20(5)26(7,29)30)21(6)31(16-22-13-27(14-22)9-10-27)15-19(4)25-18(3)11-17(2)12-24(25)28/h8,11-12,22H,1,4,6,9-10,13-16H2,2-3,5,7H3/b23-20-. The number of halogens is 3. The summed E-state index contributed by atoms with van der Waals surface area (Å²) in [4.78, 5) is 2.10. The topological polar surface area (TPSA) is 3.24 Å². The van der Waals surface area contributed by atoms with Gasteiger partial charge in [-0.05, 0) is 80.6 Å². The Labute approximate surface area is 191 Å². The molecule has 1 spiro atoms. The number of benzene rings is 1. The molecule has 1 aromatic carbocycles. The largest absolute Gasteiger partial charge is 0.367 e. The van der Waals surface area contributed by atoms with E-state index in [9.17, 15) is 8.78 Å². The van der Waals surface area contributed by atoms with E-state index < -0.39 is 5.92 Å². The fraction of sp³-hybridized carbons (Fsp3) is 0.481. The summed E-state index contributed by atoms with van der Waals surface area (Å²) in [6.45, 7) is 20.0. The molecule has 2 fully saturated rings. The molecule has 0 radical (unpaired) electrons. The third kappa shape index (κ3) is 5.14. The molecular weight excluding hydrogens is 412 g/mol. The molecule has 0 unspecified atom stereocenters. The lowest BCUT2D eigenvalue weighted by atomic mass is 9.71. The maximum absolute atomic E-state index is 14.1. The maximum Gasteiger partial charge on any atom is 0.267 e. The zero-order chi connectivity index (χ0) is 23.1. The first kappa shape index (κ1) is 23.8. The van der Waals surface area contributed by atoms with Crippen molar-refractivity contribution in [2.24, 2.45) is 11.3 Å². The molecular formula is C27H34ClF2N. The summed E-state index contributed by atoms with van der Waals surface area (Å²) in [7, 11) is 0. The van der Waals surface area contributed by atoms with Crippen molar-refractivity contribution in [1.29, 1.82) is 0 Å². The first-order valence-electron chi connectivity index (χ1n) is 11.0. The molecule has 0 atom stereocenters. The Bertz CT molecular complexity index is 915. The summed E-state index contributed by atoms with van der Waals surface area (Å²) in [6, 6.07) is 4.03. The van der Waals surface area contributed by atoms with Crippen LogP contribution in [0.5, 0.6) is 0 Å². The molecule has 0 bridgehead atoms. The van der Waals surface area contributed by atoms with Gasteiger partial charge in [0.15, 0.2) is 0 Å². The van der Waals surface area contributed by atoms with Gasteiger partial charge in [-0.2, -0.15) is 0 Å². The van der Waals surface area contributed by atoms with E-state index in [1.807, 2.05) is 19.9 Å². The molecule has 4 heteroatoms. The van der Waals surface area contributed by atoms with Crippen LogP contribution in [0.2, 0.25) is 5.02 Å². The minimum absolute atomic E-state index is 0.0140. The van der Waals surface area contributed by atoms with Gasteiger partial charge < -0.3 is 4.90 Å². The van der Waals surface area contributed by atoms with E-state index in [1.165, 1.54) is 38.7 Å². The summed E-state index contributed by atoms with van der Waals surface area (Å²) in [6.07, 6.45) is 6.58.